The van der Waals surface area contributed by atoms with E-state index in [0.29, 0.717) is 54.9 Å². The van der Waals surface area contributed by atoms with Gasteiger partial charge in [-0.25, -0.2) is 4.90 Å². The summed E-state index contributed by atoms with van der Waals surface area (Å²) in [5, 5.41) is 0. The highest BCUT2D eigenvalue weighted by atomic mass is 16.5. The van der Waals surface area contributed by atoms with E-state index in [1.54, 1.807) is 42.7 Å². The zero-order valence-corrected chi connectivity index (χ0v) is 28.7. The first-order valence-corrected chi connectivity index (χ1v) is 15.6. The Morgan fingerprint density at radius 2 is 1.36 bits per heavy atom. The third-order valence-electron chi connectivity index (χ3n) is 10.1. The Morgan fingerprint density at radius 3 is 1.94 bits per heavy atom. The summed E-state index contributed by atoms with van der Waals surface area (Å²) in [5.74, 6) is 4.01. The number of piperazine rings is 1. The summed E-state index contributed by atoms with van der Waals surface area (Å²) >= 11 is 0. The van der Waals surface area contributed by atoms with Crippen molar-refractivity contribution in [3.63, 3.8) is 0 Å². The standard InChI is InChI=1S/C37H44N3O7/c1-21-31(41-5)24-16-26-30-29-25(32(42-6)22(2)34(44-8)36(29)46-10)17-37(38-3,39(30)4)20-40(26)27(28(24)35(45-9)33(21)43-7)19-47-18-23-14-12-11-13-15-23/h3,11-16,27,30H,17-20H2,1-2,4-10H3/q+1/t27-,30-,37-/m0/s1. The van der Waals surface area contributed by atoms with Gasteiger partial charge >= 0.3 is 5.66 Å². The molecule has 0 saturated carbocycles. The molecule has 1 saturated heterocycles. The van der Waals surface area contributed by atoms with Gasteiger partial charge in [-0.2, -0.15) is 0 Å². The highest BCUT2D eigenvalue weighted by Gasteiger charge is 2.62. The summed E-state index contributed by atoms with van der Waals surface area (Å²) in [6.07, 6.45) is 2.69. The second-order valence-corrected chi connectivity index (χ2v) is 12.2. The molecule has 0 radical (unpaired) electrons. The summed E-state index contributed by atoms with van der Waals surface area (Å²) in [7, 11) is 12.1. The molecule has 2 bridgehead atoms. The minimum atomic E-state index is -0.796. The van der Waals surface area contributed by atoms with Crippen LogP contribution < -0.4 is 28.4 Å². The Labute approximate surface area is 277 Å². The van der Waals surface area contributed by atoms with Gasteiger partial charge in [0, 0.05) is 39.1 Å². The lowest BCUT2D eigenvalue weighted by molar-refractivity contribution is -0.0218. The molecule has 6 rings (SSSR count). The Balaban J connectivity index is 1.64. The molecule has 3 aliphatic rings. The van der Waals surface area contributed by atoms with Crippen molar-refractivity contribution >= 4 is 6.08 Å². The minimum Gasteiger partial charge on any atom is -0.496 e. The predicted molar refractivity (Wildman–Crippen MR) is 180 cm³/mol. The lowest BCUT2D eigenvalue weighted by Gasteiger charge is -2.54. The number of ether oxygens (including phenoxy) is 7. The van der Waals surface area contributed by atoms with Crippen LogP contribution in [0.15, 0.2) is 36.0 Å². The van der Waals surface area contributed by atoms with Gasteiger partial charge < -0.3 is 38.1 Å². The fourth-order valence-electron chi connectivity index (χ4n) is 7.94. The monoisotopic (exact) mass is 642 g/mol. The van der Waals surface area contributed by atoms with Crippen LogP contribution in [-0.2, 0) is 17.8 Å². The van der Waals surface area contributed by atoms with E-state index in [0.717, 1.165) is 50.4 Å². The van der Waals surface area contributed by atoms with Gasteiger partial charge in [0.25, 0.3) is 6.57 Å². The Bertz CT molecular complexity index is 1770. The van der Waals surface area contributed by atoms with Crippen LogP contribution in [0.25, 0.3) is 10.9 Å². The zero-order chi connectivity index (χ0) is 33.6. The molecule has 3 heterocycles. The molecule has 3 aromatic rings. The molecule has 0 N–H and O–H groups in total. The number of rotatable bonds is 10. The van der Waals surface area contributed by atoms with Crippen LogP contribution in [0.2, 0.25) is 0 Å². The predicted octanol–water partition coefficient (Wildman–Crippen LogP) is 6.17. The van der Waals surface area contributed by atoms with Crippen molar-refractivity contribution in [3.05, 3.63) is 79.8 Å². The molecular weight excluding hydrogens is 598 g/mol. The molecule has 248 valence electrons. The van der Waals surface area contributed by atoms with Gasteiger partial charge in [-0.3, -0.25) is 0 Å². The fourth-order valence-corrected chi connectivity index (χ4v) is 7.94. The van der Waals surface area contributed by atoms with Gasteiger partial charge in [0.15, 0.2) is 23.0 Å². The van der Waals surface area contributed by atoms with Gasteiger partial charge in [0.05, 0.1) is 74.4 Å². The smallest absolute Gasteiger partial charge is 0.359 e. The van der Waals surface area contributed by atoms with Crippen molar-refractivity contribution < 1.29 is 33.2 Å². The quantitative estimate of drug-likeness (QED) is 0.258. The topological polar surface area (TPSA) is 75.5 Å². The average molecular weight is 643 g/mol. The van der Waals surface area contributed by atoms with Crippen LogP contribution in [0.5, 0.6) is 34.5 Å². The van der Waals surface area contributed by atoms with Crippen molar-refractivity contribution in [2.24, 2.45) is 0 Å². The van der Waals surface area contributed by atoms with E-state index in [1.165, 1.54) is 0 Å². The Morgan fingerprint density at radius 1 is 0.787 bits per heavy atom. The summed E-state index contributed by atoms with van der Waals surface area (Å²) < 4.78 is 42.8. The fraction of sp³-hybridized carbons (Fsp3) is 0.432. The first kappa shape index (κ1) is 32.4. The van der Waals surface area contributed by atoms with Crippen molar-refractivity contribution in [1.29, 1.82) is 0 Å². The summed E-state index contributed by atoms with van der Waals surface area (Å²) in [6, 6.07) is 9.52. The van der Waals surface area contributed by atoms with Gasteiger partial charge in [-0.05, 0) is 32.5 Å². The van der Waals surface area contributed by atoms with E-state index in [9.17, 15) is 0 Å². The zero-order valence-electron chi connectivity index (χ0n) is 28.7. The molecule has 0 amide bonds. The van der Waals surface area contributed by atoms with Crippen LogP contribution >= 0.6 is 0 Å². The van der Waals surface area contributed by atoms with Crippen molar-refractivity contribution in [3.8, 4) is 41.1 Å². The van der Waals surface area contributed by atoms with Crippen LogP contribution in [0.1, 0.15) is 51.0 Å². The average Bonchev–Trinajstić information content (AvgIpc) is 3.08. The second kappa shape index (κ2) is 12.5. The van der Waals surface area contributed by atoms with Crippen LogP contribution in [0, 0.1) is 20.4 Å². The van der Waals surface area contributed by atoms with Crippen LogP contribution in [-0.4, -0.2) is 78.3 Å². The van der Waals surface area contributed by atoms with Gasteiger partial charge in [0.2, 0.25) is 0 Å². The van der Waals surface area contributed by atoms with Gasteiger partial charge in [-0.15, -0.1) is 0 Å². The maximum absolute atomic E-state index is 6.51. The maximum Gasteiger partial charge on any atom is 0.359 e. The Kier molecular flexibility index (Phi) is 8.64. The van der Waals surface area contributed by atoms with E-state index in [1.807, 2.05) is 32.0 Å². The number of nitrogens with zero attached hydrogens (tertiary/aromatic N) is 3. The molecule has 0 spiro atoms. The summed E-state index contributed by atoms with van der Waals surface area (Å²) in [4.78, 5) is 9.21. The van der Waals surface area contributed by atoms with Crippen LogP contribution in [0.3, 0.4) is 0 Å². The normalized spacial score (nSPS) is 21.0. The van der Waals surface area contributed by atoms with Crippen LogP contribution in [0.4, 0.5) is 0 Å². The molecule has 47 heavy (non-hydrogen) atoms. The first-order chi connectivity index (χ1) is 22.7. The molecule has 0 aromatic heterocycles. The maximum atomic E-state index is 6.51. The molecular formula is C37H44N3O7+. The summed E-state index contributed by atoms with van der Waals surface area (Å²) in [6.45, 7) is 11.6. The SMILES string of the molecule is C#[N+][C@]12Cc3c(OC)c(C)c(OC)c(OC)c3[C@H](C3=Cc4c(OC)c(C)c(OC)c(OC)c4[C@H](COCc4ccccc4)N3C1)N2C. The third-order valence-corrected chi connectivity index (χ3v) is 10.1. The third kappa shape index (κ3) is 4.75. The highest BCUT2D eigenvalue weighted by molar-refractivity contribution is 5.77. The number of fused-ring (bicyclic) bond motifs is 7. The molecule has 3 aromatic carbocycles. The second-order valence-electron chi connectivity index (χ2n) is 12.2. The minimum absolute atomic E-state index is 0.300. The lowest BCUT2D eigenvalue weighted by Crippen LogP contribution is -2.63. The van der Waals surface area contributed by atoms with E-state index < -0.39 is 5.66 Å². The van der Waals surface area contributed by atoms with E-state index in [4.69, 9.17) is 39.7 Å². The number of benzene rings is 3. The number of hydrogen-bond acceptors (Lipinski definition) is 9. The highest BCUT2D eigenvalue weighted by Crippen LogP contribution is 2.61. The molecule has 0 aliphatic carbocycles. The number of methoxy groups -OCH3 is 6. The molecule has 1 fully saturated rings. The van der Waals surface area contributed by atoms with Gasteiger partial charge in [0.1, 0.15) is 18.0 Å². The molecule has 3 aliphatic heterocycles. The Hall–Kier alpha value is -4.59. The number of likely N-dealkylation sites (N-methyl/N-ethyl adjacent to an activating group) is 1. The van der Waals surface area contributed by atoms with E-state index >= 15 is 0 Å². The van der Waals surface area contributed by atoms with E-state index in [-0.39, 0.29) is 12.1 Å². The molecule has 10 nitrogen and oxygen atoms in total. The molecule has 0 unspecified atom stereocenters. The van der Waals surface area contributed by atoms with Crippen molar-refractivity contribution in [1.82, 2.24) is 9.80 Å². The van der Waals surface area contributed by atoms with E-state index in [2.05, 4.69) is 39.9 Å². The lowest BCUT2D eigenvalue weighted by atomic mass is 9.75. The summed E-state index contributed by atoms with van der Waals surface area (Å²) in [5.41, 5.74) is 6.79. The molecule has 3 atom stereocenters. The largest absolute Gasteiger partial charge is 0.496 e. The number of hydrogen-bond donors (Lipinski definition) is 0. The molecule has 10 heteroatoms. The van der Waals surface area contributed by atoms with Crippen molar-refractivity contribution in [2.45, 2.75) is 44.6 Å². The van der Waals surface area contributed by atoms with Gasteiger partial charge in [-0.1, -0.05) is 35.2 Å². The van der Waals surface area contributed by atoms with Crippen molar-refractivity contribution in [2.75, 3.05) is 62.9 Å². The first-order valence-electron chi connectivity index (χ1n) is 15.6.